The van der Waals surface area contributed by atoms with Gasteiger partial charge in [-0.3, -0.25) is 0 Å². The molecule has 0 radical (unpaired) electrons. The van der Waals surface area contributed by atoms with Crippen molar-refractivity contribution in [3.8, 4) is 5.69 Å². The number of aromatic nitrogens is 2. The molecule has 1 aliphatic carbocycles. The van der Waals surface area contributed by atoms with Gasteiger partial charge < -0.3 is 0 Å². The van der Waals surface area contributed by atoms with Crippen LogP contribution in [0.1, 0.15) is 24.5 Å². The molecule has 1 aliphatic rings. The molecule has 1 fully saturated rings. The van der Waals surface area contributed by atoms with Gasteiger partial charge in [0, 0.05) is 22.7 Å². The second-order valence-corrected chi connectivity index (χ2v) is 4.96. The van der Waals surface area contributed by atoms with E-state index in [4.69, 9.17) is 0 Å². The van der Waals surface area contributed by atoms with E-state index in [2.05, 4.69) is 46.4 Å². The Morgan fingerprint density at radius 2 is 2.06 bits per heavy atom. The maximum absolute atomic E-state index is 4.46. The van der Waals surface area contributed by atoms with E-state index in [1.54, 1.807) is 11.8 Å². The fourth-order valence-corrected chi connectivity index (χ4v) is 2.59. The molecule has 3 heteroatoms. The van der Waals surface area contributed by atoms with Crippen LogP contribution in [0.15, 0.2) is 41.4 Å². The first-order valence-electron chi connectivity index (χ1n) is 5.57. The molecular weight excluding hydrogens is 216 g/mol. The zero-order valence-electron chi connectivity index (χ0n) is 9.26. The van der Waals surface area contributed by atoms with Crippen molar-refractivity contribution in [2.75, 3.05) is 6.26 Å². The van der Waals surface area contributed by atoms with Crippen molar-refractivity contribution >= 4 is 11.8 Å². The number of hydrogen-bond acceptors (Lipinski definition) is 2. The lowest BCUT2D eigenvalue weighted by atomic mass is 10.2. The van der Waals surface area contributed by atoms with Gasteiger partial charge in [-0.1, -0.05) is 12.1 Å². The summed E-state index contributed by atoms with van der Waals surface area (Å²) in [6.45, 7) is 0. The first-order chi connectivity index (χ1) is 7.90. The number of rotatable bonds is 3. The van der Waals surface area contributed by atoms with E-state index in [1.807, 2.05) is 6.20 Å². The Kier molecular flexibility index (Phi) is 2.48. The van der Waals surface area contributed by atoms with Crippen molar-refractivity contribution < 1.29 is 0 Å². The third kappa shape index (κ3) is 1.65. The molecule has 16 heavy (non-hydrogen) atoms. The summed E-state index contributed by atoms with van der Waals surface area (Å²) in [5, 5.41) is 4.46. The molecule has 82 valence electrons. The van der Waals surface area contributed by atoms with E-state index in [1.165, 1.54) is 29.1 Å². The van der Waals surface area contributed by atoms with Crippen molar-refractivity contribution in [1.82, 2.24) is 9.78 Å². The summed E-state index contributed by atoms with van der Waals surface area (Å²) in [7, 11) is 0. The second kappa shape index (κ2) is 3.98. The Labute approximate surface area is 99.7 Å². The zero-order chi connectivity index (χ0) is 11.0. The van der Waals surface area contributed by atoms with Gasteiger partial charge in [0.25, 0.3) is 0 Å². The van der Waals surface area contributed by atoms with Gasteiger partial charge in [0.2, 0.25) is 0 Å². The smallest absolute Gasteiger partial charge is 0.0784 e. The van der Waals surface area contributed by atoms with E-state index < -0.39 is 0 Å². The summed E-state index contributed by atoms with van der Waals surface area (Å²) in [6, 6.07) is 10.6. The van der Waals surface area contributed by atoms with Crippen LogP contribution in [0.3, 0.4) is 0 Å². The highest BCUT2D eigenvalue weighted by atomic mass is 32.2. The van der Waals surface area contributed by atoms with Crippen molar-refractivity contribution in [3.05, 3.63) is 42.2 Å². The van der Waals surface area contributed by atoms with Crippen LogP contribution in [0.5, 0.6) is 0 Å². The van der Waals surface area contributed by atoms with Gasteiger partial charge in [-0.2, -0.15) is 5.10 Å². The lowest BCUT2D eigenvalue weighted by Gasteiger charge is -2.10. The third-order valence-electron chi connectivity index (χ3n) is 2.98. The van der Waals surface area contributed by atoms with Gasteiger partial charge in [0.1, 0.15) is 0 Å². The number of benzene rings is 1. The van der Waals surface area contributed by atoms with Crippen LogP contribution < -0.4 is 0 Å². The van der Waals surface area contributed by atoms with Gasteiger partial charge in [0.15, 0.2) is 0 Å². The number of thioether (sulfide) groups is 1. The largest absolute Gasteiger partial charge is 0.236 e. The molecule has 1 aromatic heterocycles. The molecule has 0 atom stereocenters. The van der Waals surface area contributed by atoms with Gasteiger partial charge in [-0.15, -0.1) is 11.8 Å². The molecule has 2 nitrogen and oxygen atoms in total. The summed E-state index contributed by atoms with van der Waals surface area (Å²) < 4.78 is 2.10. The maximum atomic E-state index is 4.46. The average Bonchev–Trinajstić information content (AvgIpc) is 3.07. The van der Waals surface area contributed by atoms with Gasteiger partial charge in [-0.05, 0) is 37.3 Å². The molecule has 0 bridgehead atoms. The Morgan fingerprint density at radius 1 is 1.25 bits per heavy atom. The van der Waals surface area contributed by atoms with Crippen LogP contribution in [-0.4, -0.2) is 16.0 Å². The average molecular weight is 230 g/mol. The summed E-state index contributed by atoms with van der Waals surface area (Å²) in [6.07, 6.45) is 6.64. The molecule has 1 heterocycles. The summed E-state index contributed by atoms with van der Waals surface area (Å²) >= 11 is 1.77. The molecule has 0 spiro atoms. The topological polar surface area (TPSA) is 17.8 Å². The van der Waals surface area contributed by atoms with E-state index in [0.29, 0.717) is 0 Å². The van der Waals surface area contributed by atoms with E-state index >= 15 is 0 Å². The van der Waals surface area contributed by atoms with E-state index in [0.717, 1.165) is 5.92 Å². The molecular formula is C13H14N2S. The molecule has 0 saturated heterocycles. The standard InChI is InChI=1S/C13H14N2S/c1-16-13-5-3-2-4-12(13)15-11(8-9-14-15)10-6-7-10/h2-5,8-10H,6-7H2,1H3. The second-order valence-electron chi connectivity index (χ2n) is 4.11. The van der Waals surface area contributed by atoms with Crippen molar-refractivity contribution in [2.45, 2.75) is 23.7 Å². The molecule has 0 amide bonds. The van der Waals surface area contributed by atoms with Crippen molar-refractivity contribution in [1.29, 1.82) is 0 Å². The summed E-state index contributed by atoms with van der Waals surface area (Å²) in [5.41, 5.74) is 2.57. The van der Waals surface area contributed by atoms with Gasteiger partial charge in [0.05, 0.1) is 5.69 Å². The van der Waals surface area contributed by atoms with Crippen LogP contribution >= 0.6 is 11.8 Å². The Balaban J connectivity index is 2.10. The number of hydrogen-bond donors (Lipinski definition) is 0. The normalized spacial score (nSPS) is 15.3. The highest BCUT2D eigenvalue weighted by molar-refractivity contribution is 7.98. The minimum atomic E-state index is 0.734. The monoisotopic (exact) mass is 230 g/mol. The quantitative estimate of drug-likeness (QED) is 0.751. The lowest BCUT2D eigenvalue weighted by Crippen LogP contribution is -2.02. The van der Waals surface area contributed by atoms with Gasteiger partial charge >= 0.3 is 0 Å². The van der Waals surface area contributed by atoms with Crippen LogP contribution in [0, 0.1) is 0 Å². The summed E-state index contributed by atoms with van der Waals surface area (Å²) in [5.74, 6) is 0.734. The first-order valence-corrected chi connectivity index (χ1v) is 6.80. The highest BCUT2D eigenvalue weighted by Gasteiger charge is 2.27. The molecule has 0 aliphatic heterocycles. The number of nitrogens with zero attached hydrogens (tertiary/aromatic N) is 2. The van der Waals surface area contributed by atoms with Crippen LogP contribution in [0.25, 0.3) is 5.69 Å². The SMILES string of the molecule is CSc1ccccc1-n1nccc1C1CC1. The predicted molar refractivity (Wildman–Crippen MR) is 67.3 cm³/mol. The molecule has 2 aromatic rings. The molecule has 1 saturated carbocycles. The fourth-order valence-electron chi connectivity index (χ4n) is 2.01. The lowest BCUT2D eigenvalue weighted by molar-refractivity contribution is 0.795. The molecule has 0 N–H and O–H groups in total. The van der Waals surface area contributed by atoms with E-state index in [-0.39, 0.29) is 0 Å². The minimum absolute atomic E-state index is 0.734. The molecule has 3 rings (SSSR count). The zero-order valence-corrected chi connectivity index (χ0v) is 10.1. The Morgan fingerprint density at radius 3 is 2.81 bits per heavy atom. The van der Waals surface area contributed by atoms with E-state index in [9.17, 15) is 0 Å². The Hall–Kier alpha value is -1.22. The third-order valence-corrected chi connectivity index (χ3v) is 3.77. The number of para-hydroxylation sites is 1. The minimum Gasteiger partial charge on any atom is -0.236 e. The fraction of sp³-hybridized carbons (Fsp3) is 0.308. The first kappa shape index (κ1) is 9.97. The summed E-state index contributed by atoms with van der Waals surface area (Å²) in [4.78, 5) is 1.29. The molecule has 1 aromatic carbocycles. The maximum Gasteiger partial charge on any atom is 0.0784 e. The Bertz CT molecular complexity index is 500. The van der Waals surface area contributed by atoms with Crippen LogP contribution in [0.4, 0.5) is 0 Å². The van der Waals surface area contributed by atoms with Gasteiger partial charge in [-0.25, -0.2) is 4.68 Å². The highest BCUT2D eigenvalue weighted by Crippen LogP contribution is 2.41. The molecule has 0 unspecified atom stereocenters. The van der Waals surface area contributed by atoms with Crippen LogP contribution in [-0.2, 0) is 0 Å². The van der Waals surface area contributed by atoms with Crippen LogP contribution in [0.2, 0.25) is 0 Å². The predicted octanol–water partition coefficient (Wildman–Crippen LogP) is 3.47. The van der Waals surface area contributed by atoms with Crippen molar-refractivity contribution in [2.24, 2.45) is 0 Å². The van der Waals surface area contributed by atoms with Crippen molar-refractivity contribution in [3.63, 3.8) is 0 Å².